The van der Waals surface area contributed by atoms with Crippen molar-refractivity contribution >= 4 is 18.3 Å². The molecule has 1 amide bonds. The normalized spacial score (nSPS) is 16.0. The van der Waals surface area contributed by atoms with Gasteiger partial charge in [0.1, 0.15) is 5.75 Å². The molecule has 0 spiro atoms. The van der Waals surface area contributed by atoms with Crippen LogP contribution in [0.3, 0.4) is 0 Å². The molecule has 1 fully saturated rings. The summed E-state index contributed by atoms with van der Waals surface area (Å²) in [5.41, 5.74) is 0.594. The number of hydrogen-bond acceptors (Lipinski definition) is 3. The Morgan fingerprint density at radius 3 is 2.61 bits per heavy atom. The van der Waals surface area contributed by atoms with Crippen molar-refractivity contribution in [2.75, 3.05) is 20.1 Å². The van der Waals surface area contributed by atoms with Gasteiger partial charge in [0.25, 0.3) is 0 Å². The lowest BCUT2D eigenvalue weighted by atomic mass is 9.88. The first-order valence-electron chi connectivity index (χ1n) is 7.06. The van der Waals surface area contributed by atoms with Crippen LogP contribution in [0, 0.1) is 11.8 Å². The second-order valence-corrected chi connectivity index (χ2v) is 5.60. The van der Waals surface area contributed by atoms with E-state index in [1.54, 1.807) is 13.1 Å². The highest BCUT2D eigenvalue weighted by atomic mass is 35.5. The van der Waals surface area contributed by atoms with Gasteiger partial charge in [-0.05, 0) is 36.7 Å². The number of amides is 1. The fourth-order valence-electron chi connectivity index (χ4n) is 2.41. The van der Waals surface area contributed by atoms with Crippen LogP contribution in [0.25, 0.3) is 0 Å². The van der Waals surface area contributed by atoms with Gasteiger partial charge >= 0.3 is 6.36 Å². The van der Waals surface area contributed by atoms with E-state index in [0.29, 0.717) is 11.5 Å². The number of carbonyl (C=O) groups is 1. The predicted octanol–water partition coefficient (Wildman–Crippen LogP) is 2.82. The van der Waals surface area contributed by atoms with Gasteiger partial charge in [-0.1, -0.05) is 19.1 Å². The first-order valence-corrected chi connectivity index (χ1v) is 7.06. The van der Waals surface area contributed by atoms with Gasteiger partial charge < -0.3 is 15.0 Å². The molecule has 130 valence electrons. The molecular weight excluding hydrogens is 333 g/mol. The van der Waals surface area contributed by atoms with Crippen molar-refractivity contribution in [1.82, 2.24) is 10.2 Å². The SMILES string of the molecule is CC(C(=O)N(C)Cc1cccc(OC(F)(F)F)c1)C1CNC1.Cl. The summed E-state index contributed by atoms with van der Waals surface area (Å²) in [7, 11) is 1.65. The summed E-state index contributed by atoms with van der Waals surface area (Å²) in [5.74, 6) is -0.0496. The zero-order chi connectivity index (χ0) is 16.3. The molecule has 0 bridgehead atoms. The molecule has 0 aromatic heterocycles. The summed E-state index contributed by atoms with van der Waals surface area (Å²) in [6.07, 6.45) is -4.72. The number of rotatable bonds is 5. The number of carbonyl (C=O) groups excluding carboxylic acids is 1. The van der Waals surface area contributed by atoms with Gasteiger partial charge in [0.05, 0.1) is 0 Å². The van der Waals surface area contributed by atoms with Crippen LogP contribution in [0.4, 0.5) is 13.2 Å². The summed E-state index contributed by atoms with van der Waals surface area (Å²) in [6, 6.07) is 5.69. The minimum Gasteiger partial charge on any atom is -0.406 e. The highest BCUT2D eigenvalue weighted by Gasteiger charge is 2.32. The van der Waals surface area contributed by atoms with Crippen LogP contribution in [0.5, 0.6) is 5.75 Å². The van der Waals surface area contributed by atoms with Gasteiger partial charge in [-0.3, -0.25) is 4.79 Å². The van der Waals surface area contributed by atoms with Gasteiger partial charge in [0, 0.05) is 19.5 Å². The van der Waals surface area contributed by atoms with Gasteiger partial charge in [-0.15, -0.1) is 25.6 Å². The lowest BCUT2D eigenvalue weighted by Crippen LogP contribution is -2.49. The second kappa shape index (κ2) is 7.88. The minimum absolute atomic E-state index is 0. The molecule has 1 N–H and O–H groups in total. The van der Waals surface area contributed by atoms with Gasteiger partial charge in [-0.25, -0.2) is 0 Å². The number of benzene rings is 1. The van der Waals surface area contributed by atoms with E-state index in [1.807, 2.05) is 6.92 Å². The monoisotopic (exact) mass is 352 g/mol. The minimum atomic E-state index is -4.72. The Labute approximate surface area is 139 Å². The molecule has 1 aromatic carbocycles. The zero-order valence-corrected chi connectivity index (χ0v) is 13.7. The Balaban J connectivity index is 0.00000264. The van der Waals surface area contributed by atoms with Crippen molar-refractivity contribution in [1.29, 1.82) is 0 Å². The molecule has 1 aromatic rings. The summed E-state index contributed by atoms with van der Waals surface area (Å²) in [6.45, 7) is 3.79. The number of halogens is 4. The van der Waals surface area contributed by atoms with Crippen LogP contribution in [-0.2, 0) is 11.3 Å². The molecular formula is C15H20ClF3N2O2. The Hall–Kier alpha value is -1.47. The van der Waals surface area contributed by atoms with E-state index < -0.39 is 6.36 Å². The van der Waals surface area contributed by atoms with E-state index in [0.717, 1.165) is 13.1 Å². The Morgan fingerprint density at radius 1 is 1.43 bits per heavy atom. The molecule has 1 saturated heterocycles. The fourth-order valence-corrected chi connectivity index (χ4v) is 2.41. The quantitative estimate of drug-likeness (QED) is 0.886. The van der Waals surface area contributed by atoms with Crippen molar-refractivity contribution in [3.05, 3.63) is 29.8 Å². The molecule has 1 unspecified atom stereocenters. The Bertz CT molecular complexity index is 536. The predicted molar refractivity (Wildman–Crippen MR) is 82.4 cm³/mol. The topological polar surface area (TPSA) is 41.6 Å². The maximum atomic E-state index is 12.3. The van der Waals surface area contributed by atoms with Crippen molar-refractivity contribution in [2.24, 2.45) is 11.8 Å². The van der Waals surface area contributed by atoms with E-state index in [1.165, 1.54) is 23.1 Å². The number of nitrogens with one attached hydrogen (secondary N) is 1. The molecule has 0 radical (unpaired) electrons. The van der Waals surface area contributed by atoms with E-state index in [-0.39, 0.29) is 36.5 Å². The molecule has 0 aliphatic carbocycles. The molecule has 1 atom stereocenters. The summed E-state index contributed by atoms with van der Waals surface area (Å²) < 4.78 is 40.5. The highest BCUT2D eigenvalue weighted by Crippen LogP contribution is 2.24. The smallest absolute Gasteiger partial charge is 0.406 e. The molecule has 0 saturated carbocycles. The van der Waals surface area contributed by atoms with Crippen LogP contribution in [0.15, 0.2) is 24.3 Å². The molecule has 8 heteroatoms. The number of ether oxygens (including phenoxy) is 1. The molecule has 1 heterocycles. The van der Waals surface area contributed by atoms with Crippen molar-refractivity contribution in [3.8, 4) is 5.75 Å². The largest absolute Gasteiger partial charge is 0.573 e. The summed E-state index contributed by atoms with van der Waals surface area (Å²) >= 11 is 0. The van der Waals surface area contributed by atoms with Crippen LogP contribution >= 0.6 is 12.4 Å². The lowest BCUT2D eigenvalue weighted by Gasteiger charge is -2.34. The molecule has 23 heavy (non-hydrogen) atoms. The van der Waals surface area contributed by atoms with E-state index in [9.17, 15) is 18.0 Å². The van der Waals surface area contributed by atoms with Gasteiger partial charge in [0.15, 0.2) is 0 Å². The van der Waals surface area contributed by atoms with Gasteiger partial charge in [-0.2, -0.15) is 0 Å². The molecule has 1 aliphatic rings. The van der Waals surface area contributed by atoms with E-state index in [2.05, 4.69) is 10.1 Å². The van der Waals surface area contributed by atoms with Crippen molar-refractivity contribution in [3.63, 3.8) is 0 Å². The first-order chi connectivity index (χ1) is 10.3. The maximum Gasteiger partial charge on any atom is 0.573 e. The fraction of sp³-hybridized carbons (Fsp3) is 0.533. The van der Waals surface area contributed by atoms with Crippen LogP contribution in [0.2, 0.25) is 0 Å². The number of alkyl halides is 3. The molecule has 2 rings (SSSR count). The molecule has 1 aliphatic heterocycles. The average molecular weight is 353 g/mol. The van der Waals surface area contributed by atoms with Crippen LogP contribution in [-0.4, -0.2) is 37.3 Å². The second-order valence-electron chi connectivity index (χ2n) is 5.60. The van der Waals surface area contributed by atoms with E-state index >= 15 is 0 Å². The van der Waals surface area contributed by atoms with Crippen LogP contribution < -0.4 is 10.1 Å². The lowest BCUT2D eigenvalue weighted by molar-refractivity contribution is -0.274. The average Bonchev–Trinajstić information content (AvgIpc) is 2.33. The Kier molecular flexibility index (Phi) is 6.70. The standard InChI is InChI=1S/C15H19F3N2O2.ClH/c1-10(12-7-19-8-12)14(21)20(2)9-11-4-3-5-13(6-11)22-15(16,17)18;/h3-6,10,12,19H,7-9H2,1-2H3;1H. The summed E-state index contributed by atoms with van der Waals surface area (Å²) in [5, 5.41) is 3.12. The Morgan fingerprint density at radius 2 is 2.09 bits per heavy atom. The summed E-state index contributed by atoms with van der Waals surface area (Å²) in [4.78, 5) is 13.8. The maximum absolute atomic E-state index is 12.3. The van der Waals surface area contributed by atoms with Gasteiger partial charge in [0.2, 0.25) is 5.91 Å². The third-order valence-corrected chi connectivity index (χ3v) is 3.84. The third-order valence-electron chi connectivity index (χ3n) is 3.84. The van der Waals surface area contributed by atoms with Crippen LogP contribution in [0.1, 0.15) is 12.5 Å². The number of hydrogen-bond donors (Lipinski definition) is 1. The van der Waals surface area contributed by atoms with Crippen molar-refractivity contribution < 1.29 is 22.7 Å². The number of nitrogens with zero attached hydrogens (tertiary/aromatic N) is 1. The highest BCUT2D eigenvalue weighted by molar-refractivity contribution is 5.85. The van der Waals surface area contributed by atoms with E-state index in [4.69, 9.17) is 0 Å². The first kappa shape index (κ1) is 19.6. The molecule has 4 nitrogen and oxygen atoms in total. The van der Waals surface area contributed by atoms with Crippen molar-refractivity contribution in [2.45, 2.75) is 19.8 Å². The third kappa shape index (κ3) is 5.58. The zero-order valence-electron chi connectivity index (χ0n) is 12.9.